The van der Waals surface area contributed by atoms with Gasteiger partial charge in [-0.2, -0.15) is 0 Å². The summed E-state index contributed by atoms with van der Waals surface area (Å²) in [7, 11) is 0. The maximum atomic E-state index is 12.8. The van der Waals surface area contributed by atoms with Crippen molar-refractivity contribution in [3.8, 4) is 10.7 Å². The Kier molecular flexibility index (Phi) is 5.24. The van der Waals surface area contributed by atoms with E-state index in [4.69, 9.17) is 0 Å². The molecule has 1 atom stereocenters. The highest BCUT2D eigenvalue weighted by Crippen LogP contribution is 2.27. The molecule has 128 valence electrons. The van der Waals surface area contributed by atoms with Crippen LogP contribution in [0.1, 0.15) is 45.9 Å². The standard InChI is InChI=1S/C20H21N3OS/c1-4-16(15-10-8-13(2)9-11-15)23-19(24)18-14(3)22-20(25-18)17-7-5-6-12-21-17/h5-12,16H,4H2,1-3H3,(H,23,24)/t16-/m1/s1. The molecule has 3 rings (SSSR count). The van der Waals surface area contributed by atoms with E-state index in [1.807, 2.05) is 25.1 Å². The summed E-state index contributed by atoms with van der Waals surface area (Å²) in [6, 6.07) is 14.0. The Morgan fingerprint density at radius 1 is 1.16 bits per heavy atom. The van der Waals surface area contributed by atoms with Gasteiger partial charge in [-0.05, 0) is 38.0 Å². The highest BCUT2D eigenvalue weighted by Gasteiger charge is 2.20. The molecule has 0 unspecified atom stereocenters. The van der Waals surface area contributed by atoms with Crippen molar-refractivity contribution in [1.29, 1.82) is 0 Å². The van der Waals surface area contributed by atoms with E-state index < -0.39 is 0 Å². The van der Waals surface area contributed by atoms with Gasteiger partial charge in [0.05, 0.1) is 17.4 Å². The van der Waals surface area contributed by atoms with Crippen molar-refractivity contribution in [2.75, 3.05) is 0 Å². The Labute approximate surface area is 152 Å². The number of aromatic nitrogens is 2. The minimum absolute atomic E-state index is 0.00657. The molecule has 0 saturated heterocycles. The molecular weight excluding hydrogens is 330 g/mol. The number of thiazole rings is 1. The van der Waals surface area contributed by atoms with E-state index in [1.54, 1.807) is 6.20 Å². The lowest BCUT2D eigenvalue weighted by atomic mass is 10.0. The number of amides is 1. The summed E-state index contributed by atoms with van der Waals surface area (Å²) in [6.07, 6.45) is 2.57. The SMILES string of the molecule is CC[C@@H](NC(=O)c1sc(-c2ccccn2)nc1C)c1ccc(C)cc1. The molecule has 1 amide bonds. The Morgan fingerprint density at radius 3 is 2.56 bits per heavy atom. The van der Waals surface area contributed by atoms with Crippen LogP contribution >= 0.6 is 11.3 Å². The third kappa shape index (κ3) is 3.94. The summed E-state index contributed by atoms with van der Waals surface area (Å²) < 4.78 is 0. The predicted octanol–water partition coefficient (Wildman–Crippen LogP) is 4.70. The fourth-order valence-corrected chi connectivity index (χ4v) is 3.60. The van der Waals surface area contributed by atoms with Gasteiger partial charge in [0, 0.05) is 6.20 Å². The quantitative estimate of drug-likeness (QED) is 0.725. The number of nitrogens with one attached hydrogen (secondary N) is 1. The minimum atomic E-state index is -0.0791. The van der Waals surface area contributed by atoms with E-state index >= 15 is 0 Å². The van der Waals surface area contributed by atoms with Crippen LogP contribution in [0, 0.1) is 13.8 Å². The first-order chi connectivity index (χ1) is 12.1. The van der Waals surface area contributed by atoms with Crippen LogP contribution in [0.25, 0.3) is 10.7 Å². The number of hydrogen-bond acceptors (Lipinski definition) is 4. The number of carbonyl (C=O) groups is 1. The first kappa shape index (κ1) is 17.3. The van der Waals surface area contributed by atoms with E-state index in [0.717, 1.165) is 28.4 Å². The molecule has 4 nitrogen and oxygen atoms in total. The number of rotatable bonds is 5. The van der Waals surface area contributed by atoms with Gasteiger partial charge in [0.25, 0.3) is 5.91 Å². The summed E-state index contributed by atoms with van der Waals surface area (Å²) in [6.45, 7) is 6.00. The molecular formula is C20H21N3OS. The monoisotopic (exact) mass is 351 g/mol. The van der Waals surface area contributed by atoms with Crippen LogP contribution in [-0.4, -0.2) is 15.9 Å². The molecule has 25 heavy (non-hydrogen) atoms. The largest absolute Gasteiger partial charge is 0.344 e. The van der Waals surface area contributed by atoms with Gasteiger partial charge in [0.1, 0.15) is 9.88 Å². The van der Waals surface area contributed by atoms with Crippen molar-refractivity contribution < 1.29 is 4.79 Å². The van der Waals surface area contributed by atoms with Crippen molar-refractivity contribution in [1.82, 2.24) is 15.3 Å². The predicted molar refractivity (Wildman–Crippen MR) is 102 cm³/mol. The molecule has 2 heterocycles. The van der Waals surface area contributed by atoms with E-state index in [-0.39, 0.29) is 11.9 Å². The highest BCUT2D eigenvalue weighted by molar-refractivity contribution is 7.17. The van der Waals surface area contributed by atoms with Crippen LogP contribution < -0.4 is 5.32 Å². The molecule has 1 N–H and O–H groups in total. The van der Waals surface area contributed by atoms with Gasteiger partial charge in [-0.25, -0.2) is 4.98 Å². The molecule has 0 radical (unpaired) electrons. The maximum Gasteiger partial charge on any atom is 0.263 e. The third-order valence-electron chi connectivity index (χ3n) is 4.08. The van der Waals surface area contributed by atoms with Gasteiger partial charge in [0.15, 0.2) is 0 Å². The fourth-order valence-electron chi connectivity index (χ4n) is 2.65. The summed E-state index contributed by atoms with van der Waals surface area (Å²) in [5.74, 6) is -0.0791. The Balaban J connectivity index is 1.81. The van der Waals surface area contributed by atoms with Crippen molar-refractivity contribution in [2.24, 2.45) is 0 Å². The van der Waals surface area contributed by atoms with Gasteiger partial charge in [0.2, 0.25) is 0 Å². The normalized spacial score (nSPS) is 12.0. The number of hydrogen-bond donors (Lipinski definition) is 1. The first-order valence-corrected chi connectivity index (χ1v) is 9.16. The lowest BCUT2D eigenvalue weighted by Gasteiger charge is -2.17. The van der Waals surface area contributed by atoms with Crippen LogP contribution in [0.4, 0.5) is 0 Å². The zero-order chi connectivity index (χ0) is 17.8. The number of aryl methyl sites for hydroxylation is 2. The second kappa shape index (κ2) is 7.57. The molecule has 5 heteroatoms. The molecule has 3 aromatic rings. The summed E-state index contributed by atoms with van der Waals surface area (Å²) in [5.41, 5.74) is 3.86. The van der Waals surface area contributed by atoms with Crippen LogP contribution in [-0.2, 0) is 0 Å². The topological polar surface area (TPSA) is 54.9 Å². The molecule has 0 aliphatic heterocycles. The average Bonchev–Trinajstić information content (AvgIpc) is 3.03. The molecule has 0 aliphatic rings. The van der Waals surface area contributed by atoms with Gasteiger partial charge < -0.3 is 5.32 Å². The van der Waals surface area contributed by atoms with E-state index in [1.165, 1.54) is 16.9 Å². The Hall–Kier alpha value is -2.53. The molecule has 0 spiro atoms. The molecule has 1 aromatic carbocycles. The van der Waals surface area contributed by atoms with E-state index in [0.29, 0.717) is 4.88 Å². The van der Waals surface area contributed by atoms with Crippen LogP contribution in [0.2, 0.25) is 0 Å². The highest BCUT2D eigenvalue weighted by atomic mass is 32.1. The molecule has 0 saturated carbocycles. The lowest BCUT2D eigenvalue weighted by Crippen LogP contribution is -2.28. The number of pyridine rings is 1. The Morgan fingerprint density at radius 2 is 1.92 bits per heavy atom. The fraction of sp³-hybridized carbons (Fsp3) is 0.250. The molecule has 0 bridgehead atoms. The second-order valence-electron chi connectivity index (χ2n) is 5.99. The number of benzene rings is 1. The first-order valence-electron chi connectivity index (χ1n) is 8.34. The summed E-state index contributed by atoms with van der Waals surface area (Å²) in [4.78, 5) is 22.2. The lowest BCUT2D eigenvalue weighted by molar-refractivity contribution is 0.0939. The van der Waals surface area contributed by atoms with Crippen molar-refractivity contribution >= 4 is 17.2 Å². The second-order valence-corrected chi connectivity index (χ2v) is 6.99. The van der Waals surface area contributed by atoms with Crippen LogP contribution in [0.5, 0.6) is 0 Å². The summed E-state index contributed by atoms with van der Waals surface area (Å²) in [5, 5.41) is 3.91. The molecule has 0 aliphatic carbocycles. The zero-order valence-corrected chi connectivity index (χ0v) is 15.4. The third-order valence-corrected chi connectivity index (χ3v) is 5.26. The van der Waals surface area contributed by atoms with Crippen molar-refractivity contribution in [3.63, 3.8) is 0 Å². The van der Waals surface area contributed by atoms with Crippen LogP contribution in [0.15, 0.2) is 48.7 Å². The summed E-state index contributed by atoms with van der Waals surface area (Å²) >= 11 is 1.39. The minimum Gasteiger partial charge on any atom is -0.344 e. The van der Waals surface area contributed by atoms with Gasteiger partial charge in [-0.3, -0.25) is 9.78 Å². The Bertz CT molecular complexity index is 856. The molecule has 0 fully saturated rings. The van der Waals surface area contributed by atoms with Gasteiger partial charge in [-0.15, -0.1) is 11.3 Å². The van der Waals surface area contributed by atoms with Crippen molar-refractivity contribution in [3.05, 3.63) is 70.4 Å². The molecule has 2 aromatic heterocycles. The average molecular weight is 351 g/mol. The number of nitrogens with zero attached hydrogens (tertiary/aromatic N) is 2. The van der Waals surface area contributed by atoms with Gasteiger partial charge in [-0.1, -0.05) is 42.8 Å². The van der Waals surface area contributed by atoms with Gasteiger partial charge >= 0.3 is 0 Å². The zero-order valence-electron chi connectivity index (χ0n) is 14.6. The number of carbonyl (C=O) groups excluding carboxylic acids is 1. The van der Waals surface area contributed by atoms with Crippen molar-refractivity contribution in [2.45, 2.75) is 33.2 Å². The van der Waals surface area contributed by atoms with E-state index in [9.17, 15) is 4.79 Å². The maximum absolute atomic E-state index is 12.8. The smallest absolute Gasteiger partial charge is 0.263 e. The van der Waals surface area contributed by atoms with Crippen LogP contribution in [0.3, 0.4) is 0 Å². The van der Waals surface area contributed by atoms with E-state index in [2.05, 4.69) is 53.4 Å².